The second-order valence-electron chi connectivity index (χ2n) is 5.67. The molecule has 0 atom stereocenters. The molecule has 0 spiro atoms. The van der Waals surface area contributed by atoms with E-state index in [9.17, 15) is 5.11 Å². The number of ether oxygens (including phenoxy) is 4. The van der Waals surface area contributed by atoms with Crippen LogP contribution < -0.4 is 18.9 Å². The van der Waals surface area contributed by atoms with Gasteiger partial charge in [-0.2, -0.15) is 0 Å². The highest BCUT2D eigenvalue weighted by Gasteiger charge is 2.35. The van der Waals surface area contributed by atoms with Crippen LogP contribution in [0, 0.1) is 0 Å². The van der Waals surface area contributed by atoms with Gasteiger partial charge in [-0.3, -0.25) is 0 Å². The largest absolute Gasteiger partial charge is 0.504 e. The quantitative estimate of drug-likeness (QED) is 0.919. The molecule has 0 bridgehead atoms. The Balaban J connectivity index is 1.72. The van der Waals surface area contributed by atoms with Crippen LogP contribution in [0.4, 0.5) is 5.69 Å². The number of aliphatic imine (C=N–C) groups is 1. The summed E-state index contributed by atoms with van der Waals surface area (Å²) in [4.78, 5) is 4.68. The first-order valence-electron chi connectivity index (χ1n) is 7.44. The van der Waals surface area contributed by atoms with Gasteiger partial charge in [0.15, 0.2) is 23.0 Å². The van der Waals surface area contributed by atoms with Crippen LogP contribution in [0.15, 0.2) is 23.2 Å². The van der Waals surface area contributed by atoms with E-state index in [1.165, 1.54) is 0 Å². The molecule has 0 unspecified atom stereocenters. The summed E-state index contributed by atoms with van der Waals surface area (Å²) >= 11 is 0. The maximum Gasteiger partial charge on any atom is 0.231 e. The van der Waals surface area contributed by atoms with Gasteiger partial charge in [-0.1, -0.05) is 0 Å². The van der Waals surface area contributed by atoms with Gasteiger partial charge in [0.25, 0.3) is 0 Å². The van der Waals surface area contributed by atoms with Crippen molar-refractivity contribution in [2.75, 3.05) is 21.0 Å². The molecule has 5 rings (SSSR count). The molecule has 2 aliphatic heterocycles. The minimum Gasteiger partial charge on any atom is -0.504 e. The van der Waals surface area contributed by atoms with Crippen LogP contribution in [0.1, 0.15) is 16.7 Å². The third-order valence-corrected chi connectivity index (χ3v) is 4.48. The smallest absolute Gasteiger partial charge is 0.231 e. The molecule has 0 saturated heterocycles. The zero-order valence-corrected chi connectivity index (χ0v) is 13.0. The minimum absolute atomic E-state index is 0.0664. The number of nitrogens with zero attached hydrogens (tertiary/aromatic N) is 1. The summed E-state index contributed by atoms with van der Waals surface area (Å²) < 4.78 is 21.5. The number of fused-ring (bicyclic) bond motifs is 6. The topological polar surface area (TPSA) is 69.5 Å². The Morgan fingerprint density at radius 3 is 2.67 bits per heavy atom. The van der Waals surface area contributed by atoms with Crippen molar-refractivity contribution in [2.45, 2.75) is 0 Å². The van der Waals surface area contributed by atoms with E-state index in [1.54, 1.807) is 20.3 Å². The number of phenolic OH excluding ortho intramolecular Hbond substituents is 1. The van der Waals surface area contributed by atoms with Crippen LogP contribution in [-0.2, 0) is 0 Å². The van der Waals surface area contributed by atoms with Gasteiger partial charge in [0.2, 0.25) is 12.5 Å². The van der Waals surface area contributed by atoms with Crippen molar-refractivity contribution >= 4 is 23.0 Å². The number of allylic oxidation sites excluding steroid dienone is 1. The molecule has 6 nitrogen and oxygen atoms in total. The van der Waals surface area contributed by atoms with Gasteiger partial charge in [-0.25, -0.2) is 4.99 Å². The summed E-state index contributed by atoms with van der Waals surface area (Å²) in [6, 6.07) is 5.61. The van der Waals surface area contributed by atoms with E-state index >= 15 is 0 Å². The average molecular weight is 323 g/mol. The van der Waals surface area contributed by atoms with E-state index in [4.69, 9.17) is 18.9 Å². The summed E-state index contributed by atoms with van der Waals surface area (Å²) in [5, 5.41) is 10.6. The van der Waals surface area contributed by atoms with Crippen molar-refractivity contribution in [1.82, 2.24) is 0 Å². The number of methoxy groups -OCH3 is 2. The SMILES string of the molecule is COc1cc2c(cc1OC)C1=Nc3cc4c(c(O)c3C1=C2)OCO4. The predicted octanol–water partition coefficient (Wildman–Crippen LogP) is 3.13. The van der Waals surface area contributed by atoms with E-state index in [0.717, 1.165) is 22.4 Å². The zero-order chi connectivity index (χ0) is 16.4. The highest BCUT2D eigenvalue weighted by atomic mass is 16.7. The van der Waals surface area contributed by atoms with Crippen molar-refractivity contribution < 1.29 is 24.1 Å². The molecule has 0 fully saturated rings. The van der Waals surface area contributed by atoms with Crippen LogP contribution in [0.3, 0.4) is 0 Å². The fourth-order valence-corrected chi connectivity index (χ4v) is 3.39. The maximum absolute atomic E-state index is 10.6. The van der Waals surface area contributed by atoms with Gasteiger partial charge in [-0.05, 0) is 23.8 Å². The van der Waals surface area contributed by atoms with E-state index in [-0.39, 0.29) is 12.5 Å². The van der Waals surface area contributed by atoms with Crippen LogP contribution in [0.2, 0.25) is 0 Å². The van der Waals surface area contributed by atoms with Crippen LogP contribution in [-0.4, -0.2) is 31.8 Å². The van der Waals surface area contributed by atoms with Gasteiger partial charge in [0.1, 0.15) is 0 Å². The van der Waals surface area contributed by atoms with Crippen molar-refractivity contribution in [3.63, 3.8) is 0 Å². The van der Waals surface area contributed by atoms with Crippen LogP contribution >= 0.6 is 0 Å². The summed E-state index contributed by atoms with van der Waals surface area (Å²) in [7, 11) is 3.20. The molecule has 2 heterocycles. The number of aromatic hydroxyl groups is 1. The summed E-state index contributed by atoms with van der Waals surface area (Å²) in [6.45, 7) is 0.107. The lowest BCUT2D eigenvalue weighted by atomic mass is 10.0. The number of hydrogen-bond donors (Lipinski definition) is 1. The Hall–Kier alpha value is -3.15. The third kappa shape index (κ3) is 1.52. The van der Waals surface area contributed by atoms with Gasteiger partial charge >= 0.3 is 0 Å². The Morgan fingerprint density at radius 2 is 1.88 bits per heavy atom. The standard InChI is InChI=1S/C18H13NO5/c1-21-12-4-8-3-10-15-11(6-14-18(17(15)20)24-7-23-14)19-16(10)9(8)5-13(12)22-2/h3-6,20H,7H2,1-2H3. The molecule has 2 aromatic carbocycles. The summed E-state index contributed by atoms with van der Waals surface area (Å²) in [5.41, 5.74) is 4.94. The van der Waals surface area contributed by atoms with E-state index in [1.807, 2.05) is 18.2 Å². The lowest BCUT2D eigenvalue weighted by Gasteiger charge is -2.09. The molecular formula is C18H13NO5. The molecule has 0 amide bonds. The molecule has 0 aromatic heterocycles. The van der Waals surface area contributed by atoms with E-state index in [2.05, 4.69) is 4.99 Å². The van der Waals surface area contributed by atoms with Crippen LogP contribution in [0.5, 0.6) is 28.7 Å². The second kappa shape index (κ2) is 4.44. The maximum atomic E-state index is 10.6. The van der Waals surface area contributed by atoms with Crippen molar-refractivity contribution in [3.05, 3.63) is 34.9 Å². The molecule has 0 radical (unpaired) electrons. The van der Waals surface area contributed by atoms with E-state index in [0.29, 0.717) is 34.2 Å². The molecule has 2 aromatic rings. The molecule has 24 heavy (non-hydrogen) atoms. The van der Waals surface area contributed by atoms with Crippen molar-refractivity contribution in [3.8, 4) is 28.7 Å². The van der Waals surface area contributed by atoms with Crippen molar-refractivity contribution in [1.29, 1.82) is 0 Å². The Morgan fingerprint density at radius 1 is 1.08 bits per heavy atom. The van der Waals surface area contributed by atoms with Crippen molar-refractivity contribution in [2.24, 2.45) is 4.99 Å². The lowest BCUT2D eigenvalue weighted by Crippen LogP contribution is -1.98. The molecule has 1 aliphatic carbocycles. The molecule has 120 valence electrons. The highest BCUT2D eigenvalue weighted by Crippen LogP contribution is 2.55. The van der Waals surface area contributed by atoms with Gasteiger partial charge in [0, 0.05) is 17.2 Å². The fourth-order valence-electron chi connectivity index (χ4n) is 3.39. The number of hydrogen-bond acceptors (Lipinski definition) is 6. The number of rotatable bonds is 2. The highest BCUT2D eigenvalue weighted by molar-refractivity contribution is 6.43. The lowest BCUT2D eigenvalue weighted by molar-refractivity contribution is 0.171. The van der Waals surface area contributed by atoms with Gasteiger partial charge < -0.3 is 24.1 Å². The summed E-state index contributed by atoms with van der Waals surface area (Å²) in [6.07, 6.45) is 1.99. The minimum atomic E-state index is 0.0664. The average Bonchev–Trinajstić information content (AvgIpc) is 3.27. The zero-order valence-electron chi connectivity index (χ0n) is 13.0. The van der Waals surface area contributed by atoms with E-state index < -0.39 is 0 Å². The molecule has 0 saturated carbocycles. The summed E-state index contributed by atoms with van der Waals surface area (Å²) in [5.74, 6) is 2.25. The number of phenols is 1. The Bertz CT molecular complexity index is 974. The Labute approximate surface area is 137 Å². The molecule has 3 aliphatic rings. The molecular weight excluding hydrogens is 310 g/mol. The van der Waals surface area contributed by atoms with Crippen LogP contribution in [0.25, 0.3) is 11.6 Å². The first-order chi connectivity index (χ1) is 11.7. The first-order valence-corrected chi connectivity index (χ1v) is 7.44. The second-order valence-corrected chi connectivity index (χ2v) is 5.67. The van der Waals surface area contributed by atoms with Gasteiger partial charge in [0.05, 0.1) is 31.2 Å². The fraction of sp³-hybridized carbons (Fsp3) is 0.167. The predicted molar refractivity (Wildman–Crippen MR) is 87.8 cm³/mol. The first kappa shape index (κ1) is 13.3. The normalized spacial score (nSPS) is 15.4. The monoisotopic (exact) mass is 323 g/mol. The molecule has 1 N–H and O–H groups in total. The Kier molecular flexibility index (Phi) is 2.46. The van der Waals surface area contributed by atoms with Gasteiger partial charge in [-0.15, -0.1) is 0 Å². The third-order valence-electron chi connectivity index (χ3n) is 4.48. The molecule has 6 heteroatoms. The number of benzene rings is 2.